The summed E-state index contributed by atoms with van der Waals surface area (Å²) in [5, 5.41) is 18.9. The van der Waals surface area contributed by atoms with E-state index in [1.54, 1.807) is 0 Å². The standard InChI is InChI=1S/C17H14O6/c1-10(2)16(20)22-12-8-6-11(7-9-12)17(21)23-14-5-3-4-13(18)15(14)19/h3-9,18-19H,1H2,2H3. The normalized spacial score (nSPS) is 9.96. The Balaban J connectivity index is 2.10. The fraction of sp³-hybridized carbons (Fsp3) is 0.0588. The second kappa shape index (κ2) is 6.65. The van der Waals surface area contributed by atoms with Crippen LogP contribution < -0.4 is 9.47 Å². The highest BCUT2D eigenvalue weighted by atomic mass is 16.5. The summed E-state index contributed by atoms with van der Waals surface area (Å²) >= 11 is 0. The minimum absolute atomic E-state index is 0.159. The van der Waals surface area contributed by atoms with Crippen LogP contribution in [0.5, 0.6) is 23.0 Å². The van der Waals surface area contributed by atoms with Gasteiger partial charge in [0.25, 0.3) is 0 Å². The summed E-state index contributed by atoms with van der Waals surface area (Å²) in [6.45, 7) is 4.99. The molecule has 0 bridgehead atoms. The van der Waals surface area contributed by atoms with Gasteiger partial charge in [-0.05, 0) is 43.3 Å². The molecule has 0 unspecified atom stereocenters. The first-order valence-corrected chi connectivity index (χ1v) is 6.59. The second-order valence-electron chi connectivity index (χ2n) is 4.71. The topological polar surface area (TPSA) is 93.1 Å². The Hall–Kier alpha value is -3.28. The average Bonchev–Trinajstić information content (AvgIpc) is 2.52. The van der Waals surface area contributed by atoms with Crippen molar-refractivity contribution in [2.24, 2.45) is 0 Å². The number of aromatic hydroxyl groups is 2. The van der Waals surface area contributed by atoms with Crippen LogP contribution in [0.15, 0.2) is 54.6 Å². The largest absolute Gasteiger partial charge is 0.504 e. The number of rotatable bonds is 4. The molecule has 0 radical (unpaired) electrons. The molecule has 0 saturated heterocycles. The molecule has 118 valence electrons. The lowest BCUT2D eigenvalue weighted by Gasteiger charge is -2.08. The first kappa shape index (κ1) is 16.1. The van der Waals surface area contributed by atoms with Gasteiger partial charge in [-0.3, -0.25) is 0 Å². The molecule has 0 fully saturated rings. The van der Waals surface area contributed by atoms with Crippen molar-refractivity contribution >= 4 is 11.9 Å². The number of hydrogen-bond donors (Lipinski definition) is 2. The maximum absolute atomic E-state index is 12.0. The maximum Gasteiger partial charge on any atom is 0.343 e. The van der Waals surface area contributed by atoms with Crippen LogP contribution in [0.4, 0.5) is 0 Å². The van der Waals surface area contributed by atoms with E-state index in [2.05, 4.69) is 6.58 Å². The molecule has 6 nitrogen and oxygen atoms in total. The molecule has 0 atom stereocenters. The van der Waals surface area contributed by atoms with Crippen molar-refractivity contribution in [2.75, 3.05) is 0 Å². The number of benzene rings is 2. The van der Waals surface area contributed by atoms with Crippen LogP contribution in [0.3, 0.4) is 0 Å². The summed E-state index contributed by atoms with van der Waals surface area (Å²) in [5.74, 6) is -2.11. The van der Waals surface area contributed by atoms with Crippen LogP contribution >= 0.6 is 0 Å². The van der Waals surface area contributed by atoms with E-state index >= 15 is 0 Å². The van der Waals surface area contributed by atoms with E-state index in [9.17, 15) is 19.8 Å². The molecule has 6 heteroatoms. The smallest absolute Gasteiger partial charge is 0.343 e. The zero-order chi connectivity index (χ0) is 17.0. The van der Waals surface area contributed by atoms with Crippen molar-refractivity contribution in [1.29, 1.82) is 0 Å². The molecule has 0 aliphatic rings. The highest BCUT2D eigenvalue weighted by molar-refractivity contribution is 5.92. The van der Waals surface area contributed by atoms with Gasteiger partial charge in [-0.25, -0.2) is 9.59 Å². The molecule has 2 N–H and O–H groups in total. The summed E-state index contributed by atoms with van der Waals surface area (Å²) in [6, 6.07) is 9.71. The van der Waals surface area contributed by atoms with Crippen molar-refractivity contribution in [3.63, 3.8) is 0 Å². The number of para-hydroxylation sites is 1. The van der Waals surface area contributed by atoms with Crippen molar-refractivity contribution in [1.82, 2.24) is 0 Å². The van der Waals surface area contributed by atoms with E-state index in [0.29, 0.717) is 0 Å². The quantitative estimate of drug-likeness (QED) is 0.390. The maximum atomic E-state index is 12.0. The average molecular weight is 314 g/mol. The Morgan fingerprint density at radius 1 is 1.00 bits per heavy atom. The Bertz CT molecular complexity index is 761. The number of phenols is 2. The molecule has 0 spiro atoms. The fourth-order valence-corrected chi connectivity index (χ4v) is 1.61. The molecule has 2 rings (SSSR count). The van der Waals surface area contributed by atoms with Gasteiger partial charge < -0.3 is 19.7 Å². The monoisotopic (exact) mass is 314 g/mol. The summed E-state index contributed by atoms with van der Waals surface area (Å²) in [4.78, 5) is 23.4. The van der Waals surface area contributed by atoms with E-state index in [4.69, 9.17) is 9.47 Å². The highest BCUT2D eigenvalue weighted by Crippen LogP contribution is 2.34. The van der Waals surface area contributed by atoms with Gasteiger partial charge in [0.2, 0.25) is 5.75 Å². The van der Waals surface area contributed by atoms with Crippen molar-refractivity contribution in [2.45, 2.75) is 6.92 Å². The van der Waals surface area contributed by atoms with Gasteiger partial charge in [0, 0.05) is 5.57 Å². The number of ether oxygens (including phenoxy) is 2. The number of carbonyl (C=O) groups excluding carboxylic acids is 2. The summed E-state index contributed by atoms with van der Waals surface area (Å²) in [5.41, 5.74) is 0.440. The first-order chi connectivity index (χ1) is 10.9. The van der Waals surface area contributed by atoms with Crippen molar-refractivity contribution in [3.05, 3.63) is 60.2 Å². The molecule has 0 aliphatic carbocycles. The van der Waals surface area contributed by atoms with Crippen LogP contribution in [0, 0.1) is 0 Å². The molecule has 0 aliphatic heterocycles. The fourth-order valence-electron chi connectivity index (χ4n) is 1.61. The van der Waals surface area contributed by atoms with E-state index in [1.165, 1.54) is 49.4 Å². The van der Waals surface area contributed by atoms with E-state index in [-0.39, 0.29) is 22.6 Å². The van der Waals surface area contributed by atoms with Gasteiger partial charge in [-0.1, -0.05) is 12.6 Å². The summed E-state index contributed by atoms with van der Waals surface area (Å²) < 4.78 is 10.0. The number of esters is 2. The summed E-state index contributed by atoms with van der Waals surface area (Å²) in [6.07, 6.45) is 0. The molecular weight excluding hydrogens is 300 g/mol. The molecule has 0 heterocycles. The number of carbonyl (C=O) groups is 2. The lowest BCUT2D eigenvalue weighted by Crippen LogP contribution is -2.10. The third-order valence-electron chi connectivity index (χ3n) is 2.83. The third kappa shape index (κ3) is 3.88. The minimum atomic E-state index is -0.733. The van der Waals surface area contributed by atoms with E-state index in [0.717, 1.165) is 0 Å². The van der Waals surface area contributed by atoms with Gasteiger partial charge in [-0.15, -0.1) is 0 Å². The first-order valence-electron chi connectivity index (χ1n) is 6.59. The Kier molecular flexibility index (Phi) is 4.66. The van der Waals surface area contributed by atoms with Crippen molar-refractivity contribution in [3.8, 4) is 23.0 Å². The lowest BCUT2D eigenvalue weighted by molar-refractivity contribution is -0.130. The van der Waals surface area contributed by atoms with Gasteiger partial charge in [0.05, 0.1) is 5.56 Å². The van der Waals surface area contributed by atoms with E-state index < -0.39 is 23.4 Å². The van der Waals surface area contributed by atoms with Crippen molar-refractivity contribution < 1.29 is 29.3 Å². The molecule has 2 aromatic rings. The predicted octanol–water partition coefficient (Wildman–Crippen LogP) is 2.80. The molecule has 23 heavy (non-hydrogen) atoms. The Labute approximate surface area is 132 Å². The Morgan fingerprint density at radius 3 is 2.26 bits per heavy atom. The Morgan fingerprint density at radius 2 is 1.65 bits per heavy atom. The second-order valence-corrected chi connectivity index (χ2v) is 4.71. The predicted molar refractivity (Wildman–Crippen MR) is 81.6 cm³/mol. The SMILES string of the molecule is C=C(C)C(=O)Oc1ccc(C(=O)Oc2cccc(O)c2O)cc1. The molecule has 0 aromatic heterocycles. The summed E-state index contributed by atoms with van der Waals surface area (Å²) in [7, 11) is 0. The van der Waals surface area contributed by atoms with Crippen LogP contribution in [-0.2, 0) is 4.79 Å². The number of hydrogen-bond acceptors (Lipinski definition) is 6. The van der Waals surface area contributed by atoms with Crippen LogP contribution in [0.2, 0.25) is 0 Å². The zero-order valence-electron chi connectivity index (χ0n) is 12.3. The van der Waals surface area contributed by atoms with Gasteiger partial charge >= 0.3 is 11.9 Å². The zero-order valence-corrected chi connectivity index (χ0v) is 12.3. The number of phenolic OH excluding ortho intramolecular Hbond substituents is 2. The minimum Gasteiger partial charge on any atom is -0.504 e. The molecule has 0 amide bonds. The van der Waals surface area contributed by atoms with Crippen LogP contribution in [0.1, 0.15) is 17.3 Å². The van der Waals surface area contributed by atoms with Crippen LogP contribution in [-0.4, -0.2) is 22.2 Å². The third-order valence-corrected chi connectivity index (χ3v) is 2.83. The van der Waals surface area contributed by atoms with Gasteiger partial charge in [0.1, 0.15) is 5.75 Å². The van der Waals surface area contributed by atoms with Crippen LogP contribution in [0.25, 0.3) is 0 Å². The molecule has 0 saturated carbocycles. The molecule has 2 aromatic carbocycles. The van der Waals surface area contributed by atoms with E-state index in [1.807, 2.05) is 0 Å². The van der Waals surface area contributed by atoms with Gasteiger partial charge in [0.15, 0.2) is 11.5 Å². The lowest BCUT2D eigenvalue weighted by atomic mass is 10.2. The molecular formula is C17H14O6. The highest BCUT2D eigenvalue weighted by Gasteiger charge is 2.14. The van der Waals surface area contributed by atoms with Gasteiger partial charge in [-0.2, -0.15) is 0 Å².